The summed E-state index contributed by atoms with van der Waals surface area (Å²) in [6.45, 7) is 4.68. The molecule has 6 nitrogen and oxygen atoms in total. The van der Waals surface area contributed by atoms with Gasteiger partial charge in [-0.3, -0.25) is 9.69 Å². The first-order chi connectivity index (χ1) is 13.8. The van der Waals surface area contributed by atoms with Gasteiger partial charge < -0.3 is 9.64 Å². The number of piperazine rings is 1. The molecule has 0 aliphatic carbocycles. The highest BCUT2D eigenvalue weighted by molar-refractivity contribution is 5.93. The molecule has 1 aliphatic rings. The number of rotatable bonds is 6. The maximum atomic E-state index is 12.8. The Balaban J connectivity index is 1.26. The monoisotopic (exact) mass is 376 g/mol. The number of amides is 1. The van der Waals surface area contributed by atoms with E-state index in [9.17, 15) is 4.79 Å². The number of aromatic nitrogens is 2. The van der Waals surface area contributed by atoms with Crippen molar-refractivity contribution in [1.29, 1.82) is 0 Å². The molecule has 0 radical (unpaired) electrons. The van der Waals surface area contributed by atoms with Crippen molar-refractivity contribution in [1.82, 2.24) is 19.6 Å². The molecule has 28 heavy (non-hydrogen) atoms. The van der Waals surface area contributed by atoms with Crippen LogP contribution in [0.3, 0.4) is 0 Å². The summed E-state index contributed by atoms with van der Waals surface area (Å²) >= 11 is 0. The average Bonchev–Trinajstić information content (AvgIpc) is 3.25. The van der Waals surface area contributed by atoms with Gasteiger partial charge in [0.15, 0.2) is 0 Å². The van der Waals surface area contributed by atoms with Gasteiger partial charge in [0.2, 0.25) is 0 Å². The highest BCUT2D eigenvalue weighted by atomic mass is 16.5. The number of carbonyl (C=O) groups is 1. The average molecular weight is 376 g/mol. The first-order valence-corrected chi connectivity index (χ1v) is 9.59. The number of nitrogens with zero attached hydrogens (tertiary/aromatic N) is 4. The van der Waals surface area contributed by atoms with E-state index in [-0.39, 0.29) is 5.91 Å². The zero-order chi connectivity index (χ0) is 19.2. The minimum Gasteiger partial charge on any atom is -0.492 e. The Hall–Kier alpha value is -3.12. The predicted molar refractivity (Wildman–Crippen MR) is 108 cm³/mol. The first-order valence-electron chi connectivity index (χ1n) is 9.59. The summed E-state index contributed by atoms with van der Waals surface area (Å²) < 4.78 is 7.50. The predicted octanol–water partition coefficient (Wildman–Crippen LogP) is 2.71. The summed E-state index contributed by atoms with van der Waals surface area (Å²) in [5.41, 5.74) is 1.58. The van der Waals surface area contributed by atoms with Crippen molar-refractivity contribution in [3.63, 3.8) is 0 Å². The third kappa shape index (κ3) is 4.40. The molecule has 1 saturated heterocycles. The lowest BCUT2D eigenvalue weighted by molar-refractivity contribution is 0.0620. The Morgan fingerprint density at radius 1 is 0.929 bits per heavy atom. The SMILES string of the molecule is O=C(c1cnn(-c2ccccc2)c1)N1CCN(CCOc2ccccc2)CC1. The molecule has 0 atom stereocenters. The number of carbonyl (C=O) groups excluding carboxylic acids is 1. The topological polar surface area (TPSA) is 50.6 Å². The lowest BCUT2D eigenvalue weighted by Crippen LogP contribution is -2.49. The van der Waals surface area contributed by atoms with Crippen LogP contribution in [0.2, 0.25) is 0 Å². The highest BCUT2D eigenvalue weighted by Gasteiger charge is 2.23. The summed E-state index contributed by atoms with van der Waals surface area (Å²) in [6, 6.07) is 19.7. The molecule has 0 unspecified atom stereocenters. The van der Waals surface area contributed by atoms with Crippen molar-refractivity contribution in [3.8, 4) is 11.4 Å². The molecule has 0 N–H and O–H groups in total. The Labute approximate surface area is 164 Å². The van der Waals surface area contributed by atoms with Crippen molar-refractivity contribution in [3.05, 3.63) is 78.6 Å². The number of hydrogen-bond acceptors (Lipinski definition) is 4. The van der Waals surface area contributed by atoms with Crippen LogP contribution < -0.4 is 4.74 Å². The van der Waals surface area contributed by atoms with Crippen molar-refractivity contribution in [2.45, 2.75) is 0 Å². The molecule has 1 aromatic heterocycles. The van der Waals surface area contributed by atoms with E-state index in [0.29, 0.717) is 12.2 Å². The van der Waals surface area contributed by atoms with E-state index in [1.165, 1.54) is 0 Å². The molecule has 6 heteroatoms. The Kier molecular flexibility index (Phi) is 5.68. The van der Waals surface area contributed by atoms with Crippen LogP contribution in [0.25, 0.3) is 5.69 Å². The van der Waals surface area contributed by atoms with Gasteiger partial charge in [0.25, 0.3) is 5.91 Å². The van der Waals surface area contributed by atoms with Crippen LogP contribution in [-0.4, -0.2) is 64.8 Å². The van der Waals surface area contributed by atoms with Crippen molar-refractivity contribution in [2.24, 2.45) is 0 Å². The Morgan fingerprint density at radius 2 is 1.61 bits per heavy atom. The zero-order valence-corrected chi connectivity index (χ0v) is 15.8. The van der Waals surface area contributed by atoms with Gasteiger partial charge in [-0.15, -0.1) is 0 Å². The second-order valence-electron chi connectivity index (χ2n) is 6.80. The van der Waals surface area contributed by atoms with E-state index in [2.05, 4.69) is 10.00 Å². The van der Waals surface area contributed by atoms with Crippen LogP contribution in [0.15, 0.2) is 73.1 Å². The Bertz CT molecular complexity index is 887. The Morgan fingerprint density at radius 3 is 2.32 bits per heavy atom. The second-order valence-corrected chi connectivity index (χ2v) is 6.80. The minimum absolute atomic E-state index is 0.0439. The van der Waals surface area contributed by atoms with Gasteiger partial charge in [0.1, 0.15) is 12.4 Å². The van der Waals surface area contributed by atoms with Gasteiger partial charge in [-0.25, -0.2) is 4.68 Å². The molecule has 0 spiro atoms. The van der Waals surface area contributed by atoms with Crippen molar-refractivity contribution in [2.75, 3.05) is 39.3 Å². The van der Waals surface area contributed by atoms with Gasteiger partial charge in [-0.05, 0) is 24.3 Å². The molecule has 1 amide bonds. The third-order valence-corrected chi connectivity index (χ3v) is 4.93. The quantitative estimate of drug-likeness (QED) is 0.664. The number of para-hydroxylation sites is 2. The summed E-state index contributed by atoms with van der Waals surface area (Å²) in [7, 11) is 0. The van der Waals surface area contributed by atoms with Crippen LogP contribution in [0.5, 0.6) is 5.75 Å². The van der Waals surface area contributed by atoms with E-state index < -0.39 is 0 Å². The van der Waals surface area contributed by atoms with Gasteiger partial charge in [0.05, 0.1) is 17.4 Å². The van der Waals surface area contributed by atoms with Crippen LogP contribution in [0, 0.1) is 0 Å². The maximum absolute atomic E-state index is 12.8. The van der Waals surface area contributed by atoms with Gasteiger partial charge in [-0.2, -0.15) is 5.10 Å². The standard InChI is InChI=1S/C22H24N4O2/c27-22(19-17-23-26(18-19)20-7-3-1-4-8-20)25-13-11-24(12-14-25)15-16-28-21-9-5-2-6-10-21/h1-10,17-18H,11-16H2. The molecule has 2 aromatic carbocycles. The fraction of sp³-hybridized carbons (Fsp3) is 0.273. The lowest BCUT2D eigenvalue weighted by atomic mass is 10.2. The van der Waals surface area contributed by atoms with E-state index in [1.807, 2.05) is 65.6 Å². The van der Waals surface area contributed by atoms with E-state index in [0.717, 1.165) is 44.2 Å². The largest absolute Gasteiger partial charge is 0.492 e. The molecular formula is C22H24N4O2. The number of ether oxygens (including phenoxy) is 1. The molecule has 3 aromatic rings. The maximum Gasteiger partial charge on any atom is 0.257 e. The van der Waals surface area contributed by atoms with Crippen LogP contribution in [0.4, 0.5) is 0 Å². The molecule has 0 saturated carbocycles. The second kappa shape index (κ2) is 8.71. The van der Waals surface area contributed by atoms with Crippen LogP contribution >= 0.6 is 0 Å². The molecule has 4 rings (SSSR count). The molecule has 1 aliphatic heterocycles. The minimum atomic E-state index is 0.0439. The van der Waals surface area contributed by atoms with Crippen molar-refractivity contribution >= 4 is 5.91 Å². The summed E-state index contributed by atoms with van der Waals surface area (Å²) in [6.07, 6.45) is 3.45. The molecule has 144 valence electrons. The van der Waals surface area contributed by atoms with E-state index >= 15 is 0 Å². The summed E-state index contributed by atoms with van der Waals surface area (Å²) in [5, 5.41) is 4.33. The smallest absolute Gasteiger partial charge is 0.257 e. The van der Waals surface area contributed by atoms with E-state index in [4.69, 9.17) is 4.74 Å². The molecule has 0 bridgehead atoms. The van der Waals surface area contributed by atoms with Crippen LogP contribution in [0.1, 0.15) is 10.4 Å². The third-order valence-electron chi connectivity index (χ3n) is 4.93. The fourth-order valence-electron chi connectivity index (χ4n) is 3.32. The molecule has 2 heterocycles. The molecular weight excluding hydrogens is 352 g/mol. The van der Waals surface area contributed by atoms with E-state index in [1.54, 1.807) is 17.1 Å². The summed E-state index contributed by atoms with van der Waals surface area (Å²) in [4.78, 5) is 17.0. The lowest BCUT2D eigenvalue weighted by Gasteiger charge is -2.34. The highest BCUT2D eigenvalue weighted by Crippen LogP contribution is 2.12. The summed E-state index contributed by atoms with van der Waals surface area (Å²) in [5.74, 6) is 0.939. The van der Waals surface area contributed by atoms with Gasteiger partial charge >= 0.3 is 0 Å². The first kappa shape index (κ1) is 18.3. The zero-order valence-electron chi connectivity index (χ0n) is 15.8. The number of benzene rings is 2. The molecule has 1 fully saturated rings. The van der Waals surface area contributed by atoms with Gasteiger partial charge in [0, 0.05) is 38.9 Å². The van der Waals surface area contributed by atoms with Crippen molar-refractivity contribution < 1.29 is 9.53 Å². The number of hydrogen-bond donors (Lipinski definition) is 0. The van der Waals surface area contributed by atoms with Crippen LogP contribution in [-0.2, 0) is 0 Å². The normalized spacial score (nSPS) is 14.8. The van der Waals surface area contributed by atoms with Gasteiger partial charge in [-0.1, -0.05) is 36.4 Å². The fourth-order valence-corrected chi connectivity index (χ4v) is 3.32.